The van der Waals surface area contributed by atoms with Crippen LogP contribution in [0.15, 0.2) is 60.7 Å². The molecular formula is C22H24FNO2. The van der Waals surface area contributed by atoms with Crippen molar-refractivity contribution in [3.63, 3.8) is 0 Å². The van der Waals surface area contributed by atoms with Crippen molar-refractivity contribution in [1.82, 2.24) is 4.90 Å². The molecule has 2 fully saturated rings. The predicted molar refractivity (Wildman–Crippen MR) is 98.3 cm³/mol. The minimum absolute atomic E-state index is 0.0938. The highest BCUT2D eigenvalue weighted by Gasteiger charge is 2.65. The number of carbonyl (C=O) groups is 1. The molecule has 26 heavy (non-hydrogen) atoms. The highest BCUT2D eigenvalue weighted by atomic mass is 19.1. The summed E-state index contributed by atoms with van der Waals surface area (Å²) in [5.41, 5.74) is 0.449. The van der Waals surface area contributed by atoms with E-state index in [4.69, 9.17) is 5.11 Å². The maximum atomic E-state index is 14.2. The van der Waals surface area contributed by atoms with E-state index in [1.807, 2.05) is 12.1 Å². The van der Waals surface area contributed by atoms with Crippen LogP contribution in [0.4, 0.5) is 4.39 Å². The number of hydrogen-bond acceptors (Lipinski definition) is 2. The number of carboxylic acids is 1. The molecule has 0 aromatic heterocycles. The average Bonchev–Trinajstić information content (AvgIpc) is 2.58. The van der Waals surface area contributed by atoms with Crippen molar-refractivity contribution in [2.45, 2.75) is 50.5 Å². The lowest BCUT2D eigenvalue weighted by Gasteiger charge is -2.60. The Kier molecular flexibility index (Phi) is 4.31. The molecule has 1 spiro atoms. The van der Waals surface area contributed by atoms with Crippen molar-refractivity contribution in [2.75, 3.05) is 0 Å². The molecule has 4 rings (SSSR count). The molecule has 4 heteroatoms. The fourth-order valence-corrected chi connectivity index (χ4v) is 4.72. The second kappa shape index (κ2) is 6.51. The standard InChI is InChI=1S/C22H24FNO2/c23-22(20(25)26)15-21(16-22)11-19(12-21)24(13-17-7-3-1-4-8-17)14-18-9-5-2-6-10-18/h1-10,19H,11-16H2,(H,25,26). The summed E-state index contributed by atoms with van der Waals surface area (Å²) in [7, 11) is 0. The van der Waals surface area contributed by atoms with E-state index in [9.17, 15) is 9.18 Å². The van der Waals surface area contributed by atoms with Crippen LogP contribution in [0.2, 0.25) is 0 Å². The fourth-order valence-electron chi connectivity index (χ4n) is 4.72. The van der Waals surface area contributed by atoms with Gasteiger partial charge in [0, 0.05) is 19.1 Å². The Morgan fingerprint density at radius 1 is 0.962 bits per heavy atom. The van der Waals surface area contributed by atoms with Crippen molar-refractivity contribution in [3.05, 3.63) is 71.8 Å². The normalized spacial score (nSPS) is 30.0. The smallest absolute Gasteiger partial charge is 0.341 e. The van der Waals surface area contributed by atoms with Gasteiger partial charge in [0.15, 0.2) is 0 Å². The van der Waals surface area contributed by atoms with Crippen molar-refractivity contribution in [1.29, 1.82) is 0 Å². The third kappa shape index (κ3) is 3.26. The number of benzene rings is 2. The Hall–Kier alpha value is -2.20. The summed E-state index contributed by atoms with van der Waals surface area (Å²) in [6.07, 6.45) is 2.14. The van der Waals surface area contributed by atoms with Gasteiger partial charge in [-0.05, 0) is 42.2 Å². The molecule has 2 aliphatic rings. The summed E-state index contributed by atoms with van der Waals surface area (Å²) in [5.74, 6) is -1.29. The number of rotatable bonds is 6. The van der Waals surface area contributed by atoms with Crippen LogP contribution < -0.4 is 0 Å². The van der Waals surface area contributed by atoms with Gasteiger partial charge < -0.3 is 5.11 Å². The summed E-state index contributed by atoms with van der Waals surface area (Å²) in [6, 6.07) is 21.1. The first-order valence-electron chi connectivity index (χ1n) is 9.22. The van der Waals surface area contributed by atoms with E-state index >= 15 is 0 Å². The first-order chi connectivity index (χ1) is 12.5. The molecule has 0 bridgehead atoms. The van der Waals surface area contributed by atoms with Crippen molar-refractivity contribution in [3.8, 4) is 0 Å². The lowest BCUT2D eigenvalue weighted by Crippen LogP contribution is -2.63. The number of alkyl halides is 1. The van der Waals surface area contributed by atoms with Gasteiger partial charge in [0.05, 0.1) is 0 Å². The van der Waals surface area contributed by atoms with Gasteiger partial charge in [-0.15, -0.1) is 0 Å². The van der Waals surface area contributed by atoms with Crippen LogP contribution >= 0.6 is 0 Å². The Labute approximate surface area is 153 Å². The number of aliphatic carboxylic acids is 1. The van der Waals surface area contributed by atoms with Crippen LogP contribution in [0.25, 0.3) is 0 Å². The molecule has 0 atom stereocenters. The third-order valence-corrected chi connectivity index (χ3v) is 6.00. The zero-order chi connectivity index (χ0) is 18.2. The molecule has 0 aliphatic heterocycles. The van der Waals surface area contributed by atoms with E-state index < -0.39 is 11.6 Å². The van der Waals surface area contributed by atoms with Gasteiger partial charge >= 0.3 is 5.97 Å². The van der Waals surface area contributed by atoms with Gasteiger partial charge in [-0.3, -0.25) is 4.90 Å². The van der Waals surface area contributed by atoms with Gasteiger partial charge in [0.1, 0.15) is 0 Å². The summed E-state index contributed by atoms with van der Waals surface area (Å²) in [4.78, 5) is 13.5. The minimum atomic E-state index is -1.99. The van der Waals surface area contributed by atoms with E-state index in [-0.39, 0.29) is 18.3 Å². The van der Waals surface area contributed by atoms with Crippen LogP contribution in [0.3, 0.4) is 0 Å². The van der Waals surface area contributed by atoms with Crippen LogP contribution in [0, 0.1) is 5.41 Å². The fraction of sp³-hybridized carbons (Fsp3) is 0.409. The lowest BCUT2D eigenvalue weighted by molar-refractivity contribution is -0.188. The minimum Gasteiger partial charge on any atom is -0.479 e. The molecule has 0 radical (unpaired) electrons. The summed E-state index contributed by atoms with van der Waals surface area (Å²) >= 11 is 0. The van der Waals surface area contributed by atoms with Crippen LogP contribution in [-0.2, 0) is 17.9 Å². The summed E-state index contributed by atoms with van der Waals surface area (Å²) in [5, 5.41) is 9.02. The molecule has 136 valence electrons. The Morgan fingerprint density at radius 2 is 1.42 bits per heavy atom. The second-order valence-electron chi connectivity index (χ2n) is 8.06. The van der Waals surface area contributed by atoms with Crippen molar-refractivity contribution >= 4 is 5.97 Å². The van der Waals surface area contributed by atoms with Crippen LogP contribution in [0.1, 0.15) is 36.8 Å². The average molecular weight is 353 g/mol. The summed E-state index contributed by atoms with van der Waals surface area (Å²) < 4.78 is 14.2. The molecule has 2 aromatic rings. The Balaban J connectivity index is 1.44. The topological polar surface area (TPSA) is 40.5 Å². The first kappa shape index (κ1) is 17.2. The quantitative estimate of drug-likeness (QED) is 0.835. The largest absolute Gasteiger partial charge is 0.479 e. The van der Waals surface area contributed by atoms with Gasteiger partial charge in [-0.25, -0.2) is 9.18 Å². The number of hydrogen-bond donors (Lipinski definition) is 1. The molecule has 1 N–H and O–H groups in total. The molecule has 0 unspecified atom stereocenters. The van der Waals surface area contributed by atoms with Gasteiger partial charge in [-0.2, -0.15) is 0 Å². The number of carboxylic acid groups (broad SMARTS) is 1. The molecule has 2 saturated carbocycles. The third-order valence-electron chi connectivity index (χ3n) is 6.00. The van der Waals surface area contributed by atoms with Crippen LogP contribution in [-0.4, -0.2) is 27.7 Å². The number of halogens is 1. The highest BCUT2D eigenvalue weighted by molar-refractivity contribution is 5.79. The zero-order valence-electron chi connectivity index (χ0n) is 14.8. The summed E-state index contributed by atoms with van der Waals surface area (Å²) in [6.45, 7) is 1.71. The molecule has 0 amide bonds. The molecular weight excluding hydrogens is 329 g/mol. The molecule has 2 aromatic carbocycles. The number of nitrogens with zero attached hydrogens (tertiary/aromatic N) is 1. The molecule has 0 heterocycles. The second-order valence-corrected chi connectivity index (χ2v) is 8.06. The van der Waals surface area contributed by atoms with E-state index in [2.05, 4.69) is 53.4 Å². The van der Waals surface area contributed by atoms with Gasteiger partial charge in [0.2, 0.25) is 5.67 Å². The predicted octanol–water partition coefficient (Wildman–Crippen LogP) is 4.42. The molecule has 2 aliphatic carbocycles. The molecule has 3 nitrogen and oxygen atoms in total. The maximum Gasteiger partial charge on any atom is 0.341 e. The van der Waals surface area contributed by atoms with E-state index in [0.717, 1.165) is 25.9 Å². The Bertz CT molecular complexity index is 722. The van der Waals surface area contributed by atoms with E-state index in [0.29, 0.717) is 6.04 Å². The van der Waals surface area contributed by atoms with E-state index in [1.54, 1.807) is 0 Å². The highest BCUT2D eigenvalue weighted by Crippen LogP contribution is 2.63. The van der Waals surface area contributed by atoms with Crippen molar-refractivity contribution in [2.24, 2.45) is 5.41 Å². The first-order valence-corrected chi connectivity index (χ1v) is 9.22. The lowest BCUT2D eigenvalue weighted by atomic mass is 9.48. The van der Waals surface area contributed by atoms with E-state index in [1.165, 1.54) is 11.1 Å². The van der Waals surface area contributed by atoms with Crippen molar-refractivity contribution < 1.29 is 14.3 Å². The maximum absolute atomic E-state index is 14.2. The molecule has 0 saturated heterocycles. The zero-order valence-corrected chi connectivity index (χ0v) is 14.8. The van der Waals surface area contributed by atoms with Gasteiger partial charge in [0.25, 0.3) is 0 Å². The van der Waals surface area contributed by atoms with Gasteiger partial charge in [-0.1, -0.05) is 60.7 Å². The Morgan fingerprint density at radius 3 is 1.85 bits per heavy atom. The van der Waals surface area contributed by atoms with Crippen LogP contribution in [0.5, 0.6) is 0 Å². The monoisotopic (exact) mass is 353 g/mol. The SMILES string of the molecule is O=C(O)C1(F)CC2(CC(N(Cc3ccccc3)Cc3ccccc3)C2)C1.